The summed E-state index contributed by atoms with van der Waals surface area (Å²) in [6.45, 7) is -0.0302. The molecule has 2 N–H and O–H groups in total. The molecule has 3 nitrogen and oxygen atoms in total. The van der Waals surface area contributed by atoms with Crippen LogP contribution in [0.4, 0.5) is 4.39 Å². The first-order valence-corrected chi connectivity index (χ1v) is 6.42. The molecule has 2 aromatic rings. The number of carbonyl (C=O) groups is 1. The van der Waals surface area contributed by atoms with Gasteiger partial charge in [0.25, 0.3) is 5.91 Å². The van der Waals surface area contributed by atoms with E-state index in [-0.39, 0.29) is 24.9 Å². The van der Waals surface area contributed by atoms with Crippen LogP contribution < -0.4 is 5.32 Å². The van der Waals surface area contributed by atoms with Crippen LogP contribution in [0.3, 0.4) is 0 Å². The molecule has 0 aliphatic heterocycles. The topological polar surface area (TPSA) is 49.3 Å². The number of aliphatic hydroxyl groups is 1. The van der Waals surface area contributed by atoms with Crippen molar-refractivity contribution in [3.05, 3.63) is 71.0 Å². The monoisotopic (exact) mass is 283 g/mol. The summed E-state index contributed by atoms with van der Waals surface area (Å²) in [6.07, 6.45) is 0. The summed E-state index contributed by atoms with van der Waals surface area (Å²) in [5.74, 6) is 4.62. The van der Waals surface area contributed by atoms with Gasteiger partial charge in [-0.3, -0.25) is 4.79 Å². The minimum Gasteiger partial charge on any atom is -0.384 e. The van der Waals surface area contributed by atoms with Crippen LogP contribution >= 0.6 is 0 Å². The molecule has 0 fully saturated rings. The predicted molar refractivity (Wildman–Crippen MR) is 78.0 cm³/mol. The largest absolute Gasteiger partial charge is 0.384 e. The van der Waals surface area contributed by atoms with Gasteiger partial charge in [-0.1, -0.05) is 36.1 Å². The van der Waals surface area contributed by atoms with Gasteiger partial charge < -0.3 is 10.4 Å². The average Bonchev–Trinajstić information content (AvgIpc) is 2.51. The smallest absolute Gasteiger partial charge is 0.252 e. The zero-order valence-electron chi connectivity index (χ0n) is 11.3. The SMILES string of the molecule is O=C(NCc1cccc(F)c1)c1ccccc1C#CCO. The maximum atomic E-state index is 13.1. The number of nitrogens with one attached hydrogen (secondary N) is 1. The number of halogens is 1. The van der Waals surface area contributed by atoms with E-state index in [2.05, 4.69) is 17.2 Å². The highest BCUT2D eigenvalue weighted by atomic mass is 19.1. The Kier molecular flexibility index (Phi) is 5.08. The fraction of sp³-hybridized carbons (Fsp3) is 0.118. The first-order valence-electron chi connectivity index (χ1n) is 6.42. The normalized spacial score (nSPS) is 9.62. The van der Waals surface area contributed by atoms with Crippen molar-refractivity contribution in [2.24, 2.45) is 0 Å². The Hall–Kier alpha value is -2.64. The summed E-state index contributed by atoms with van der Waals surface area (Å²) in [7, 11) is 0. The summed E-state index contributed by atoms with van der Waals surface area (Å²) in [4.78, 5) is 12.2. The van der Waals surface area contributed by atoms with Gasteiger partial charge in [0.15, 0.2) is 0 Å². The van der Waals surface area contributed by atoms with Crippen LogP contribution in [0.5, 0.6) is 0 Å². The molecule has 106 valence electrons. The lowest BCUT2D eigenvalue weighted by molar-refractivity contribution is 0.0950. The Morgan fingerprint density at radius 3 is 2.76 bits per heavy atom. The molecule has 0 aliphatic carbocycles. The van der Waals surface area contributed by atoms with Gasteiger partial charge in [0.1, 0.15) is 12.4 Å². The first kappa shape index (κ1) is 14.8. The summed E-state index contributed by atoms with van der Waals surface area (Å²) in [5, 5.41) is 11.4. The van der Waals surface area contributed by atoms with Crippen molar-refractivity contribution in [1.82, 2.24) is 5.32 Å². The first-order chi connectivity index (χ1) is 10.2. The number of hydrogen-bond donors (Lipinski definition) is 2. The molecule has 2 aromatic carbocycles. The number of carbonyl (C=O) groups excluding carboxylic acids is 1. The third kappa shape index (κ3) is 4.16. The molecular formula is C17H14FNO2. The van der Waals surface area contributed by atoms with Crippen molar-refractivity contribution < 1.29 is 14.3 Å². The van der Waals surface area contributed by atoms with Gasteiger partial charge in [0.2, 0.25) is 0 Å². The number of benzene rings is 2. The number of amides is 1. The van der Waals surface area contributed by atoms with Crippen molar-refractivity contribution in [2.45, 2.75) is 6.54 Å². The van der Waals surface area contributed by atoms with Gasteiger partial charge in [0, 0.05) is 12.1 Å². The standard InChI is InChI=1S/C17H14FNO2/c18-15-8-3-5-13(11-15)12-19-17(21)16-9-2-1-6-14(16)7-4-10-20/h1-3,5-6,8-9,11,20H,10,12H2,(H,19,21). The summed E-state index contributed by atoms with van der Waals surface area (Å²) >= 11 is 0. The van der Waals surface area contributed by atoms with E-state index >= 15 is 0 Å². The third-order valence-electron chi connectivity index (χ3n) is 2.82. The molecule has 0 unspecified atom stereocenters. The van der Waals surface area contributed by atoms with Crippen LogP contribution in [0.2, 0.25) is 0 Å². The van der Waals surface area contributed by atoms with Crippen molar-refractivity contribution in [2.75, 3.05) is 6.61 Å². The molecule has 2 rings (SSSR count). The average molecular weight is 283 g/mol. The quantitative estimate of drug-likeness (QED) is 0.848. The van der Waals surface area contributed by atoms with Crippen LogP contribution in [0, 0.1) is 17.7 Å². The van der Waals surface area contributed by atoms with Gasteiger partial charge >= 0.3 is 0 Å². The maximum Gasteiger partial charge on any atom is 0.252 e. The molecule has 0 atom stereocenters. The summed E-state index contributed by atoms with van der Waals surface area (Å²) in [6, 6.07) is 12.9. The van der Waals surface area contributed by atoms with Crippen molar-refractivity contribution in [3.8, 4) is 11.8 Å². The molecule has 0 saturated heterocycles. The third-order valence-corrected chi connectivity index (χ3v) is 2.82. The van der Waals surface area contributed by atoms with Gasteiger partial charge in [-0.05, 0) is 29.8 Å². The fourth-order valence-corrected chi connectivity index (χ4v) is 1.85. The van der Waals surface area contributed by atoms with Crippen LogP contribution in [-0.4, -0.2) is 17.6 Å². The number of hydrogen-bond acceptors (Lipinski definition) is 2. The van der Waals surface area contributed by atoms with Gasteiger partial charge in [-0.25, -0.2) is 4.39 Å². The Morgan fingerprint density at radius 1 is 1.19 bits per heavy atom. The molecule has 0 radical (unpaired) electrons. The Labute approximate surface area is 122 Å². The Bertz CT molecular complexity index is 701. The lowest BCUT2D eigenvalue weighted by atomic mass is 10.1. The van der Waals surface area contributed by atoms with E-state index in [1.54, 1.807) is 36.4 Å². The minimum absolute atomic E-state index is 0.234. The van der Waals surface area contributed by atoms with E-state index in [0.29, 0.717) is 16.7 Å². The lowest BCUT2D eigenvalue weighted by Gasteiger charge is -2.07. The van der Waals surface area contributed by atoms with Gasteiger partial charge in [0.05, 0.1) is 5.56 Å². The van der Waals surface area contributed by atoms with Gasteiger partial charge in [-0.15, -0.1) is 0 Å². The minimum atomic E-state index is -0.337. The second kappa shape index (κ2) is 7.22. The lowest BCUT2D eigenvalue weighted by Crippen LogP contribution is -2.23. The van der Waals surface area contributed by atoms with Crippen LogP contribution in [0.25, 0.3) is 0 Å². The van der Waals surface area contributed by atoms with E-state index < -0.39 is 0 Å². The Morgan fingerprint density at radius 2 is 2.00 bits per heavy atom. The van der Waals surface area contributed by atoms with Crippen molar-refractivity contribution in [1.29, 1.82) is 0 Å². The fourth-order valence-electron chi connectivity index (χ4n) is 1.85. The zero-order chi connectivity index (χ0) is 15.1. The molecule has 0 aliphatic rings. The molecule has 21 heavy (non-hydrogen) atoms. The second-order valence-corrected chi connectivity index (χ2v) is 4.32. The zero-order valence-corrected chi connectivity index (χ0v) is 11.3. The molecule has 0 aromatic heterocycles. The van der Waals surface area contributed by atoms with Crippen molar-refractivity contribution >= 4 is 5.91 Å². The highest BCUT2D eigenvalue weighted by Gasteiger charge is 2.09. The van der Waals surface area contributed by atoms with Gasteiger partial charge in [-0.2, -0.15) is 0 Å². The highest BCUT2D eigenvalue weighted by molar-refractivity contribution is 5.96. The number of aliphatic hydroxyl groups excluding tert-OH is 1. The second-order valence-electron chi connectivity index (χ2n) is 4.32. The summed E-state index contributed by atoms with van der Waals surface area (Å²) < 4.78 is 13.1. The van der Waals surface area contributed by atoms with Crippen molar-refractivity contribution in [3.63, 3.8) is 0 Å². The van der Waals surface area contributed by atoms with Crippen LogP contribution in [0.15, 0.2) is 48.5 Å². The van der Waals surface area contributed by atoms with E-state index in [4.69, 9.17) is 5.11 Å². The molecular weight excluding hydrogens is 269 g/mol. The number of rotatable bonds is 3. The molecule has 0 heterocycles. The van der Waals surface area contributed by atoms with Crippen LogP contribution in [-0.2, 0) is 6.54 Å². The molecule has 0 bridgehead atoms. The molecule has 0 saturated carbocycles. The van der Waals surface area contributed by atoms with Crippen LogP contribution in [0.1, 0.15) is 21.5 Å². The van der Waals surface area contributed by atoms with E-state index in [1.165, 1.54) is 12.1 Å². The predicted octanol–water partition coefficient (Wildman–Crippen LogP) is 2.10. The highest BCUT2D eigenvalue weighted by Crippen LogP contribution is 2.08. The van der Waals surface area contributed by atoms with E-state index in [9.17, 15) is 9.18 Å². The maximum absolute atomic E-state index is 13.1. The van der Waals surface area contributed by atoms with E-state index in [1.807, 2.05) is 0 Å². The summed E-state index contributed by atoms with van der Waals surface area (Å²) in [5.41, 5.74) is 1.65. The Balaban J connectivity index is 2.10. The molecule has 0 spiro atoms. The molecule has 1 amide bonds. The molecule has 4 heteroatoms. The van der Waals surface area contributed by atoms with E-state index in [0.717, 1.165) is 0 Å².